The summed E-state index contributed by atoms with van der Waals surface area (Å²) < 4.78 is 0. The monoisotopic (exact) mass is 245 g/mol. The van der Waals surface area contributed by atoms with E-state index in [0.717, 1.165) is 36.3 Å². The quantitative estimate of drug-likeness (QED) is 0.629. The highest BCUT2D eigenvalue weighted by Gasteiger charge is 2.15. The van der Waals surface area contributed by atoms with Gasteiger partial charge in [0.15, 0.2) is 0 Å². The summed E-state index contributed by atoms with van der Waals surface area (Å²) in [5.41, 5.74) is 2.91. The van der Waals surface area contributed by atoms with Crippen LogP contribution in [0, 0.1) is 0 Å². The van der Waals surface area contributed by atoms with Crippen molar-refractivity contribution < 1.29 is 0 Å². The molecule has 0 saturated heterocycles. The molecular formula is C12H15N5O. The molecule has 6 heteroatoms. The highest BCUT2D eigenvalue weighted by atomic mass is 16.1. The van der Waals surface area contributed by atoms with Crippen molar-refractivity contribution in [2.24, 2.45) is 0 Å². The minimum Gasteiger partial charge on any atom is -0.367 e. The van der Waals surface area contributed by atoms with E-state index < -0.39 is 0 Å². The van der Waals surface area contributed by atoms with Crippen molar-refractivity contribution in [1.82, 2.24) is 20.3 Å². The van der Waals surface area contributed by atoms with Crippen LogP contribution in [0.2, 0.25) is 0 Å². The van der Waals surface area contributed by atoms with Crippen molar-refractivity contribution in [3.63, 3.8) is 0 Å². The number of anilines is 1. The number of aromatic nitrogens is 3. The molecular weight excluding hydrogens is 230 g/mol. The molecule has 4 N–H and O–H groups in total. The summed E-state index contributed by atoms with van der Waals surface area (Å²) in [4.78, 5) is 21.3. The van der Waals surface area contributed by atoms with Crippen molar-refractivity contribution in [2.45, 2.75) is 19.5 Å². The third-order valence-electron chi connectivity index (χ3n) is 3.10. The van der Waals surface area contributed by atoms with Gasteiger partial charge >= 0.3 is 5.69 Å². The molecule has 2 aromatic heterocycles. The van der Waals surface area contributed by atoms with Gasteiger partial charge in [-0.3, -0.25) is 0 Å². The predicted molar refractivity (Wildman–Crippen MR) is 68.4 cm³/mol. The van der Waals surface area contributed by atoms with E-state index in [0.29, 0.717) is 12.4 Å². The largest absolute Gasteiger partial charge is 0.367 e. The Balaban J connectivity index is 1.86. The maximum Gasteiger partial charge on any atom is 0.347 e. The first kappa shape index (κ1) is 11.0. The first-order chi connectivity index (χ1) is 8.83. The Hall–Kier alpha value is -2.08. The van der Waals surface area contributed by atoms with Crippen LogP contribution in [0.25, 0.3) is 0 Å². The van der Waals surface area contributed by atoms with Crippen LogP contribution in [-0.4, -0.2) is 21.5 Å². The van der Waals surface area contributed by atoms with Gasteiger partial charge in [0.1, 0.15) is 5.82 Å². The molecule has 0 spiro atoms. The summed E-state index contributed by atoms with van der Waals surface area (Å²) in [5, 5.41) is 6.51. The van der Waals surface area contributed by atoms with Gasteiger partial charge in [0.2, 0.25) is 0 Å². The van der Waals surface area contributed by atoms with Crippen molar-refractivity contribution in [3.8, 4) is 0 Å². The molecule has 0 fully saturated rings. The number of aromatic amines is 2. The highest BCUT2D eigenvalue weighted by Crippen LogP contribution is 2.17. The molecule has 6 nitrogen and oxygen atoms in total. The lowest BCUT2D eigenvalue weighted by Crippen LogP contribution is -2.29. The minimum absolute atomic E-state index is 0.285. The zero-order valence-electron chi connectivity index (χ0n) is 9.92. The molecule has 0 amide bonds. The number of hydrogen-bond donors (Lipinski definition) is 4. The molecule has 1 aliphatic rings. The van der Waals surface area contributed by atoms with Crippen LogP contribution in [0.5, 0.6) is 0 Å². The molecule has 0 unspecified atom stereocenters. The van der Waals surface area contributed by atoms with Gasteiger partial charge in [0, 0.05) is 49.7 Å². The van der Waals surface area contributed by atoms with Crippen LogP contribution in [0.1, 0.15) is 16.8 Å². The van der Waals surface area contributed by atoms with Gasteiger partial charge in [0.25, 0.3) is 0 Å². The van der Waals surface area contributed by atoms with E-state index in [9.17, 15) is 4.79 Å². The Morgan fingerprint density at radius 3 is 3.22 bits per heavy atom. The van der Waals surface area contributed by atoms with Crippen molar-refractivity contribution >= 4 is 5.82 Å². The van der Waals surface area contributed by atoms with E-state index in [1.807, 2.05) is 18.5 Å². The molecule has 0 bridgehead atoms. The number of nitrogens with one attached hydrogen (secondary N) is 4. The Morgan fingerprint density at radius 1 is 1.44 bits per heavy atom. The lowest BCUT2D eigenvalue weighted by atomic mass is 10.1. The maximum atomic E-state index is 11.5. The van der Waals surface area contributed by atoms with E-state index in [1.54, 1.807) is 0 Å². The van der Waals surface area contributed by atoms with Crippen molar-refractivity contribution in [3.05, 3.63) is 45.8 Å². The number of rotatable bonds is 3. The molecule has 94 valence electrons. The van der Waals surface area contributed by atoms with Crippen LogP contribution in [0.3, 0.4) is 0 Å². The molecule has 0 saturated carbocycles. The van der Waals surface area contributed by atoms with Gasteiger partial charge in [-0.15, -0.1) is 0 Å². The summed E-state index contributed by atoms with van der Waals surface area (Å²) in [7, 11) is 0. The average Bonchev–Trinajstić information content (AvgIpc) is 2.89. The fraction of sp³-hybridized carbons (Fsp3) is 0.333. The SMILES string of the molecule is O=c1nc(NCc2cc[nH]c2)c2c([nH]1)CCNC2. The standard InChI is InChI=1S/C12H15N5O/c18-12-16-10-2-4-14-7-9(10)11(17-12)15-6-8-1-3-13-5-8/h1,3,5,13-14H,2,4,6-7H2,(H2,15,16,17,18). The molecule has 0 aliphatic carbocycles. The van der Waals surface area contributed by atoms with E-state index in [1.165, 1.54) is 0 Å². The second-order valence-electron chi connectivity index (χ2n) is 4.35. The van der Waals surface area contributed by atoms with E-state index >= 15 is 0 Å². The molecule has 18 heavy (non-hydrogen) atoms. The second kappa shape index (κ2) is 4.66. The molecule has 1 aliphatic heterocycles. The normalized spacial score (nSPS) is 14.2. The zero-order valence-corrected chi connectivity index (χ0v) is 9.92. The molecule has 0 radical (unpaired) electrons. The molecule has 2 aromatic rings. The van der Waals surface area contributed by atoms with Crippen LogP contribution in [-0.2, 0) is 19.5 Å². The Kier molecular flexibility index (Phi) is 2.85. The van der Waals surface area contributed by atoms with E-state index in [2.05, 4.69) is 25.6 Å². The summed E-state index contributed by atoms with van der Waals surface area (Å²) in [6.07, 6.45) is 4.63. The lowest BCUT2D eigenvalue weighted by Gasteiger charge is -2.19. The molecule has 3 heterocycles. The number of hydrogen-bond acceptors (Lipinski definition) is 4. The third-order valence-corrected chi connectivity index (χ3v) is 3.10. The molecule has 3 rings (SSSR count). The van der Waals surface area contributed by atoms with Gasteiger partial charge in [-0.25, -0.2) is 4.79 Å². The fourth-order valence-electron chi connectivity index (χ4n) is 2.18. The Bertz CT molecular complexity index is 587. The number of fused-ring (bicyclic) bond motifs is 1. The topological polar surface area (TPSA) is 85.6 Å². The summed E-state index contributed by atoms with van der Waals surface area (Å²) in [5.74, 6) is 0.683. The smallest absolute Gasteiger partial charge is 0.347 e. The Morgan fingerprint density at radius 2 is 2.39 bits per heavy atom. The van der Waals surface area contributed by atoms with Gasteiger partial charge in [-0.2, -0.15) is 4.98 Å². The Labute approximate surface area is 104 Å². The van der Waals surface area contributed by atoms with Gasteiger partial charge in [-0.05, 0) is 11.6 Å². The van der Waals surface area contributed by atoms with Gasteiger partial charge < -0.3 is 20.6 Å². The number of nitrogens with zero attached hydrogens (tertiary/aromatic N) is 1. The van der Waals surface area contributed by atoms with E-state index in [4.69, 9.17) is 0 Å². The maximum absolute atomic E-state index is 11.5. The minimum atomic E-state index is -0.285. The molecule has 0 atom stereocenters. The van der Waals surface area contributed by atoms with Gasteiger partial charge in [-0.1, -0.05) is 0 Å². The lowest BCUT2D eigenvalue weighted by molar-refractivity contribution is 0.623. The number of H-pyrrole nitrogens is 2. The van der Waals surface area contributed by atoms with E-state index in [-0.39, 0.29) is 5.69 Å². The van der Waals surface area contributed by atoms with Crippen molar-refractivity contribution in [2.75, 3.05) is 11.9 Å². The molecule has 0 aromatic carbocycles. The van der Waals surface area contributed by atoms with Crippen LogP contribution < -0.4 is 16.3 Å². The highest BCUT2D eigenvalue weighted by molar-refractivity contribution is 5.47. The predicted octanol–water partition coefficient (Wildman–Crippen LogP) is 0.356. The first-order valence-electron chi connectivity index (χ1n) is 6.01. The fourth-order valence-corrected chi connectivity index (χ4v) is 2.18. The third kappa shape index (κ3) is 2.14. The van der Waals surface area contributed by atoms with Crippen LogP contribution in [0.4, 0.5) is 5.82 Å². The summed E-state index contributed by atoms with van der Waals surface area (Å²) >= 11 is 0. The average molecular weight is 245 g/mol. The summed E-state index contributed by atoms with van der Waals surface area (Å²) in [6.45, 7) is 2.30. The van der Waals surface area contributed by atoms with Crippen LogP contribution >= 0.6 is 0 Å². The zero-order chi connectivity index (χ0) is 12.4. The van der Waals surface area contributed by atoms with Crippen LogP contribution in [0.15, 0.2) is 23.3 Å². The van der Waals surface area contributed by atoms with Gasteiger partial charge in [0.05, 0.1) is 0 Å². The first-order valence-corrected chi connectivity index (χ1v) is 6.01. The second-order valence-corrected chi connectivity index (χ2v) is 4.35. The van der Waals surface area contributed by atoms with Crippen molar-refractivity contribution in [1.29, 1.82) is 0 Å². The summed E-state index contributed by atoms with van der Waals surface area (Å²) in [6, 6.07) is 1.99.